The normalized spacial score (nSPS) is 17.4. The third-order valence-corrected chi connectivity index (χ3v) is 4.90. The zero-order valence-electron chi connectivity index (χ0n) is 15.7. The van der Waals surface area contributed by atoms with Gasteiger partial charge in [-0.05, 0) is 33.2 Å². The topological polar surface area (TPSA) is 90.1 Å². The lowest BCUT2D eigenvalue weighted by Crippen LogP contribution is -2.24. The van der Waals surface area contributed by atoms with Crippen molar-refractivity contribution in [3.8, 4) is 17.3 Å². The highest BCUT2D eigenvalue weighted by Gasteiger charge is 2.28. The second kappa shape index (κ2) is 7.40. The van der Waals surface area contributed by atoms with E-state index in [0.29, 0.717) is 6.01 Å². The molecule has 8 nitrogen and oxygen atoms in total. The average molecular weight is 366 g/mol. The fourth-order valence-corrected chi connectivity index (χ4v) is 3.63. The quantitative estimate of drug-likeness (QED) is 0.681. The summed E-state index contributed by atoms with van der Waals surface area (Å²) < 4.78 is 10.3. The Balaban J connectivity index is 1.57. The van der Waals surface area contributed by atoms with Crippen molar-refractivity contribution in [2.75, 3.05) is 13.7 Å². The van der Waals surface area contributed by atoms with Gasteiger partial charge in [0, 0.05) is 24.5 Å². The lowest BCUT2D eigenvalue weighted by Gasteiger charge is -2.24. The van der Waals surface area contributed by atoms with Gasteiger partial charge in [-0.2, -0.15) is 0 Å². The molecule has 3 aromatic rings. The van der Waals surface area contributed by atoms with Gasteiger partial charge in [-0.25, -0.2) is 15.0 Å². The highest BCUT2D eigenvalue weighted by molar-refractivity contribution is 5.62. The maximum atomic E-state index is 5.28. The van der Waals surface area contributed by atoms with E-state index >= 15 is 0 Å². The second-order valence-electron chi connectivity index (χ2n) is 6.73. The van der Waals surface area contributed by atoms with Crippen molar-refractivity contribution < 1.29 is 9.26 Å². The molecule has 1 atom stereocenters. The first-order chi connectivity index (χ1) is 13.2. The van der Waals surface area contributed by atoms with Crippen LogP contribution in [0.15, 0.2) is 29.3 Å². The second-order valence-corrected chi connectivity index (χ2v) is 6.73. The van der Waals surface area contributed by atoms with E-state index in [4.69, 9.17) is 14.2 Å². The average Bonchev–Trinajstić information content (AvgIpc) is 3.28. The lowest BCUT2D eigenvalue weighted by molar-refractivity contribution is 0.243. The molecule has 0 aromatic carbocycles. The lowest BCUT2D eigenvalue weighted by atomic mass is 10.1. The van der Waals surface area contributed by atoms with Gasteiger partial charge >= 0.3 is 6.01 Å². The predicted molar refractivity (Wildman–Crippen MR) is 98.0 cm³/mol. The summed E-state index contributed by atoms with van der Waals surface area (Å²) in [6.45, 7) is 5.60. The van der Waals surface area contributed by atoms with Gasteiger partial charge in [-0.15, -0.1) is 0 Å². The molecule has 1 aliphatic rings. The molecule has 3 aromatic heterocycles. The Morgan fingerprint density at radius 1 is 1.19 bits per heavy atom. The number of rotatable bonds is 5. The molecule has 27 heavy (non-hydrogen) atoms. The summed E-state index contributed by atoms with van der Waals surface area (Å²) in [6, 6.07) is 0.606. The minimum absolute atomic E-state index is 0.222. The molecule has 1 fully saturated rings. The molecule has 0 radical (unpaired) electrons. The van der Waals surface area contributed by atoms with E-state index in [1.54, 1.807) is 13.3 Å². The van der Waals surface area contributed by atoms with Gasteiger partial charge in [0.25, 0.3) is 0 Å². The van der Waals surface area contributed by atoms with Crippen molar-refractivity contribution in [2.24, 2.45) is 0 Å². The molecule has 1 saturated heterocycles. The first-order valence-electron chi connectivity index (χ1n) is 9.00. The maximum absolute atomic E-state index is 5.28. The summed E-state index contributed by atoms with van der Waals surface area (Å²) in [4.78, 5) is 20.1. The van der Waals surface area contributed by atoms with E-state index in [-0.39, 0.29) is 6.04 Å². The van der Waals surface area contributed by atoms with Crippen LogP contribution in [0, 0.1) is 13.8 Å². The van der Waals surface area contributed by atoms with E-state index < -0.39 is 0 Å². The first kappa shape index (κ1) is 17.5. The van der Waals surface area contributed by atoms with Gasteiger partial charge in [0.1, 0.15) is 5.76 Å². The number of aryl methyl sites for hydroxylation is 2. The van der Waals surface area contributed by atoms with E-state index in [1.165, 1.54) is 0 Å². The van der Waals surface area contributed by atoms with Gasteiger partial charge in [-0.1, -0.05) is 5.16 Å². The van der Waals surface area contributed by atoms with Crippen molar-refractivity contribution in [1.29, 1.82) is 0 Å². The summed E-state index contributed by atoms with van der Waals surface area (Å²) in [5.41, 5.74) is 4.59. The minimum Gasteiger partial charge on any atom is -0.467 e. The number of methoxy groups -OCH3 is 1. The monoisotopic (exact) mass is 366 g/mol. The number of nitrogens with zero attached hydrogens (tertiary/aromatic N) is 6. The highest BCUT2D eigenvalue weighted by atomic mass is 16.5. The maximum Gasteiger partial charge on any atom is 0.316 e. The van der Waals surface area contributed by atoms with Crippen molar-refractivity contribution in [2.45, 2.75) is 39.3 Å². The molecule has 0 amide bonds. The predicted octanol–water partition coefficient (Wildman–Crippen LogP) is 2.88. The van der Waals surface area contributed by atoms with Gasteiger partial charge in [0.05, 0.1) is 48.2 Å². The van der Waals surface area contributed by atoms with E-state index in [9.17, 15) is 0 Å². The van der Waals surface area contributed by atoms with Crippen LogP contribution in [0.25, 0.3) is 11.3 Å². The Labute approximate surface area is 157 Å². The summed E-state index contributed by atoms with van der Waals surface area (Å²) in [5, 5.41) is 4.03. The molecule has 0 spiro atoms. The minimum atomic E-state index is 0.222. The Bertz CT molecular complexity index is 905. The molecule has 0 aliphatic carbocycles. The molecule has 140 valence electrons. The number of hydrogen-bond acceptors (Lipinski definition) is 8. The zero-order valence-corrected chi connectivity index (χ0v) is 15.7. The zero-order chi connectivity index (χ0) is 18.8. The van der Waals surface area contributed by atoms with Crippen LogP contribution in [0.4, 0.5) is 0 Å². The standard InChI is InChI=1S/C19H22N6O2/c1-12-18(13(2)27-24-12)16-10-20-9-15(23-16)17-5-4-6-25(17)11-14-7-21-19(26-3)22-8-14/h7-10,17H,4-6,11H2,1-3H3/t17-/m1/s1. The Morgan fingerprint density at radius 3 is 2.70 bits per heavy atom. The fourth-order valence-electron chi connectivity index (χ4n) is 3.63. The van der Waals surface area contributed by atoms with Crippen LogP contribution in [-0.2, 0) is 6.54 Å². The molecule has 8 heteroatoms. The third kappa shape index (κ3) is 3.52. The summed E-state index contributed by atoms with van der Waals surface area (Å²) in [6.07, 6.45) is 9.43. The van der Waals surface area contributed by atoms with Crippen molar-refractivity contribution in [3.63, 3.8) is 0 Å². The molecule has 0 saturated carbocycles. The van der Waals surface area contributed by atoms with Crippen LogP contribution in [-0.4, -0.2) is 43.6 Å². The molecule has 0 N–H and O–H groups in total. The van der Waals surface area contributed by atoms with Gasteiger partial charge < -0.3 is 9.26 Å². The van der Waals surface area contributed by atoms with Crippen LogP contribution >= 0.6 is 0 Å². The Morgan fingerprint density at radius 2 is 2.00 bits per heavy atom. The largest absolute Gasteiger partial charge is 0.467 e. The Hall–Kier alpha value is -2.87. The van der Waals surface area contributed by atoms with Crippen LogP contribution in [0.5, 0.6) is 6.01 Å². The van der Waals surface area contributed by atoms with Crippen molar-refractivity contribution >= 4 is 0 Å². The van der Waals surface area contributed by atoms with Gasteiger partial charge in [0.2, 0.25) is 0 Å². The molecule has 4 heterocycles. The van der Waals surface area contributed by atoms with Gasteiger partial charge in [0.15, 0.2) is 0 Å². The number of hydrogen-bond donors (Lipinski definition) is 0. The molecule has 1 aliphatic heterocycles. The summed E-state index contributed by atoms with van der Waals surface area (Å²) in [5.74, 6) is 0.762. The summed E-state index contributed by atoms with van der Waals surface area (Å²) >= 11 is 0. The molecular formula is C19H22N6O2. The SMILES string of the molecule is COc1ncc(CN2CCC[C@@H]2c2cncc(-c3c(C)noc3C)n2)cn1. The van der Waals surface area contributed by atoms with Crippen molar-refractivity contribution in [1.82, 2.24) is 30.0 Å². The van der Waals surface area contributed by atoms with Crippen LogP contribution in [0.1, 0.15) is 41.6 Å². The molecular weight excluding hydrogens is 344 g/mol. The summed E-state index contributed by atoms with van der Waals surface area (Å²) in [7, 11) is 1.57. The fraction of sp³-hybridized carbons (Fsp3) is 0.421. The van der Waals surface area contributed by atoms with Crippen LogP contribution in [0.3, 0.4) is 0 Å². The third-order valence-electron chi connectivity index (χ3n) is 4.90. The highest BCUT2D eigenvalue weighted by Crippen LogP contribution is 2.33. The van der Waals surface area contributed by atoms with E-state index in [2.05, 4.69) is 25.0 Å². The number of aromatic nitrogens is 5. The van der Waals surface area contributed by atoms with E-state index in [0.717, 1.165) is 59.9 Å². The van der Waals surface area contributed by atoms with Gasteiger partial charge in [-0.3, -0.25) is 9.88 Å². The smallest absolute Gasteiger partial charge is 0.316 e. The molecule has 0 unspecified atom stereocenters. The number of ether oxygens (including phenoxy) is 1. The molecule has 4 rings (SSSR count). The number of likely N-dealkylation sites (tertiary alicyclic amines) is 1. The molecule has 0 bridgehead atoms. The van der Waals surface area contributed by atoms with Crippen molar-refractivity contribution in [3.05, 3.63) is 47.5 Å². The first-order valence-corrected chi connectivity index (χ1v) is 9.00. The van der Waals surface area contributed by atoms with Crippen LogP contribution < -0.4 is 4.74 Å². The van der Waals surface area contributed by atoms with Crippen LogP contribution in [0.2, 0.25) is 0 Å². The van der Waals surface area contributed by atoms with E-state index in [1.807, 2.05) is 32.4 Å². The Kier molecular flexibility index (Phi) is 4.81.